The average Bonchev–Trinajstić information content (AvgIpc) is 2.97. The SMILES string of the molecule is O=C(CSc1nnc(-c2ccccc2Br)n1Cc1ccccc1)N1CCCCCC1. The largest absolute Gasteiger partial charge is 0.342 e. The third kappa shape index (κ3) is 5.13. The third-order valence-corrected chi connectivity index (χ3v) is 6.94. The van der Waals surface area contributed by atoms with Gasteiger partial charge >= 0.3 is 0 Å². The zero-order valence-electron chi connectivity index (χ0n) is 16.8. The Labute approximate surface area is 190 Å². The van der Waals surface area contributed by atoms with Crippen LogP contribution in [0, 0.1) is 0 Å². The van der Waals surface area contributed by atoms with Gasteiger partial charge in [-0.05, 0) is 24.5 Å². The molecule has 2 aromatic carbocycles. The Balaban J connectivity index is 1.57. The average molecular weight is 485 g/mol. The van der Waals surface area contributed by atoms with Crippen molar-refractivity contribution in [3.8, 4) is 11.4 Å². The maximum atomic E-state index is 12.8. The lowest BCUT2D eigenvalue weighted by molar-refractivity contribution is -0.128. The first-order valence-electron chi connectivity index (χ1n) is 10.3. The van der Waals surface area contributed by atoms with Gasteiger partial charge in [0.05, 0.1) is 12.3 Å². The molecule has 0 N–H and O–H groups in total. The highest BCUT2D eigenvalue weighted by atomic mass is 79.9. The first kappa shape index (κ1) is 21.1. The van der Waals surface area contributed by atoms with Crippen LogP contribution < -0.4 is 0 Å². The molecule has 1 aliphatic heterocycles. The molecule has 0 aliphatic carbocycles. The summed E-state index contributed by atoms with van der Waals surface area (Å²) in [6, 6.07) is 18.3. The van der Waals surface area contributed by atoms with Crippen LogP contribution >= 0.6 is 27.7 Å². The lowest BCUT2D eigenvalue weighted by atomic mass is 10.2. The van der Waals surface area contributed by atoms with Crippen LogP contribution in [0.4, 0.5) is 0 Å². The van der Waals surface area contributed by atoms with Crippen LogP contribution in [0.2, 0.25) is 0 Å². The maximum Gasteiger partial charge on any atom is 0.233 e. The second kappa shape index (κ2) is 10.3. The second-order valence-electron chi connectivity index (χ2n) is 7.44. The fourth-order valence-corrected chi connectivity index (χ4v) is 4.99. The Morgan fingerprint density at radius 1 is 0.933 bits per heavy atom. The van der Waals surface area contributed by atoms with Crippen molar-refractivity contribution in [3.05, 3.63) is 64.6 Å². The van der Waals surface area contributed by atoms with Crippen molar-refractivity contribution >= 4 is 33.6 Å². The smallest absolute Gasteiger partial charge is 0.233 e. The molecule has 1 fully saturated rings. The first-order valence-corrected chi connectivity index (χ1v) is 12.1. The molecule has 7 heteroatoms. The van der Waals surface area contributed by atoms with E-state index in [-0.39, 0.29) is 5.91 Å². The summed E-state index contributed by atoms with van der Waals surface area (Å²) < 4.78 is 3.08. The van der Waals surface area contributed by atoms with Gasteiger partial charge in [0.2, 0.25) is 5.91 Å². The predicted octanol–water partition coefficient (Wildman–Crippen LogP) is 5.25. The van der Waals surface area contributed by atoms with Crippen LogP contribution in [0.1, 0.15) is 31.2 Å². The van der Waals surface area contributed by atoms with E-state index in [2.05, 4.69) is 42.8 Å². The van der Waals surface area contributed by atoms with E-state index in [0.717, 1.165) is 46.9 Å². The molecular weight excluding hydrogens is 460 g/mol. The Kier molecular flexibility index (Phi) is 7.23. The number of benzene rings is 2. The molecule has 1 saturated heterocycles. The highest BCUT2D eigenvalue weighted by Crippen LogP contribution is 2.30. The van der Waals surface area contributed by atoms with Crippen molar-refractivity contribution in [1.82, 2.24) is 19.7 Å². The molecule has 1 amide bonds. The van der Waals surface area contributed by atoms with Crippen LogP contribution in [0.15, 0.2) is 64.2 Å². The van der Waals surface area contributed by atoms with E-state index < -0.39 is 0 Å². The third-order valence-electron chi connectivity index (χ3n) is 5.30. The number of carbonyl (C=O) groups is 1. The van der Waals surface area contributed by atoms with Crippen molar-refractivity contribution in [1.29, 1.82) is 0 Å². The van der Waals surface area contributed by atoms with Gasteiger partial charge < -0.3 is 4.90 Å². The normalized spacial score (nSPS) is 14.5. The quantitative estimate of drug-likeness (QED) is 0.448. The van der Waals surface area contributed by atoms with Gasteiger partial charge in [0.1, 0.15) is 0 Å². The monoisotopic (exact) mass is 484 g/mol. The Hall–Kier alpha value is -2.12. The molecule has 0 spiro atoms. The van der Waals surface area contributed by atoms with Gasteiger partial charge in [-0.2, -0.15) is 0 Å². The summed E-state index contributed by atoms with van der Waals surface area (Å²) in [5.41, 5.74) is 2.16. The maximum absolute atomic E-state index is 12.8. The van der Waals surface area contributed by atoms with E-state index in [1.807, 2.05) is 47.4 Å². The fourth-order valence-electron chi connectivity index (χ4n) is 3.68. The van der Waals surface area contributed by atoms with E-state index >= 15 is 0 Å². The zero-order valence-corrected chi connectivity index (χ0v) is 19.2. The molecule has 1 aliphatic rings. The van der Waals surface area contributed by atoms with Crippen LogP contribution in [-0.4, -0.2) is 44.4 Å². The van der Waals surface area contributed by atoms with Gasteiger partial charge in [-0.25, -0.2) is 0 Å². The van der Waals surface area contributed by atoms with Crippen molar-refractivity contribution in [2.24, 2.45) is 0 Å². The molecule has 2 heterocycles. The van der Waals surface area contributed by atoms with Crippen molar-refractivity contribution < 1.29 is 4.79 Å². The molecule has 3 aromatic rings. The van der Waals surface area contributed by atoms with Crippen LogP contribution in [-0.2, 0) is 11.3 Å². The summed E-state index contributed by atoms with van der Waals surface area (Å²) in [5.74, 6) is 1.39. The molecule has 0 unspecified atom stereocenters. The number of carbonyl (C=O) groups excluding carboxylic acids is 1. The lowest BCUT2D eigenvalue weighted by Crippen LogP contribution is -2.33. The van der Waals surface area contributed by atoms with E-state index in [9.17, 15) is 4.79 Å². The number of nitrogens with zero attached hydrogens (tertiary/aromatic N) is 4. The molecule has 0 radical (unpaired) electrons. The number of aromatic nitrogens is 3. The van der Waals surface area contributed by atoms with Gasteiger partial charge in [-0.1, -0.05) is 89.1 Å². The number of hydrogen-bond acceptors (Lipinski definition) is 4. The highest BCUT2D eigenvalue weighted by Gasteiger charge is 2.20. The summed E-state index contributed by atoms with van der Waals surface area (Å²) >= 11 is 5.11. The standard InChI is InChI=1S/C23H25BrN4OS/c24-20-13-7-6-12-19(20)22-25-26-23(28(22)16-18-10-4-3-5-11-18)30-17-21(29)27-14-8-1-2-9-15-27/h3-7,10-13H,1-2,8-9,14-17H2. The number of amides is 1. The number of hydrogen-bond donors (Lipinski definition) is 0. The molecule has 1 aromatic heterocycles. The van der Waals surface area contributed by atoms with Crippen molar-refractivity contribution in [2.75, 3.05) is 18.8 Å². The van der Waals surface area contributed by atoms with E-state index in [1.54, 1.807) is 0 Å². The molecule has 4 rings (SSSR count). The van der Waals surface area contributed by atoms with Gasteiger partial charge in [0, 0.05) is 23.1 Å². The Bertz CT molecular complexity index is 984. The summed E-state index contributed by atoms with van der Waals surface area (Å²) in [5, 5.41) is 9.71. The number of rotatable bonds is 6. The van der Waals surface area contributed by atoms with Gasteiger partial charge in [-0.3, -0.25) is 9.36 Å². The molecule has 0 saturated carbocycles. The van der Waals surface area contributed by atoms with Crippen molar-refractivity contribution in [2.45, 2.75) is 37.4 Å². The number of halogens is 1. The van der Waals surface area contributed by atoms with Crippen LogP contribution in [0.3, 0.4) is 0 Å². The first-order chi connectivity index (χ1) is 14.7. The minimum absolute atomic E-state index is 0.193. The summed E-state index contributed by atoms with van der Waals surface area (Å²) in [4.78, 5) is 14.8. The van der Waals surface area contributed by atoms with E-state index in [4.69, 9.17) is 0 Å². The van der Waals surface area contributed by atoms with Gasteiger partial charge in [-0.15, -0.1) is 10.2 Å². The topological polar surface area (TPSA) is 51.0 Å². The highest BCUT2D eigenvalue weighted by molar-refractivity contribution is 9.10. The molecule has 30 heavy (non-hydrogen) atoms. The number of likely N-dealkylation sites (tertiary alicyclic amines) is 1. The lowest BCUT2D eigenvalue weighted by Gasteiger charge is -2.20. The minimum Gasteiger partial charge on any atom is -0.342 e. The Morgan fingerprint density at radius 3 is 2.37 bits per heavy atom. The van der Waals surface area contributed by atoms with E-state index in [1.165, 1.54) is 30.2 Å². The summed E-state index contributed by atoms with van der Waals surface area (Å²) in [7, 11) is 0. The fraction of sp³-hybridized carbons (Fsp3) is 0.348. The molecule has 0 atom stereocenters. The number of thioether (sulfide) groups is 1. The molecule has 0 bridgehead atoms. The molecule has 156 valence electrons. The predicted molar refractivity (Wildman–Crippen MR) is 124 cm³/mol. The Morgan fingerprint density at radius 2 is 1.63 bits per heavy atom. The molecule has 5 nitrogen and oxygen atoms in total. The van der Waals surface area contributed by atoms with Crippen LogP contribution in [0.25, 0.3) is 11.4 Å². The summed E-state index contributed by atoms with van der Waals surface area (Å²) in [6.45, 7) is 2.40. The van der Waals surface area contributed by atoms with Gasteiger partial charge in [0.25, 0.3) is 0 Å². The van der Waals surface area contributed by atoms with E-state index in [0.29, 0.717) is 12.3 Å². The van der Waals surface area contributed by atoms with Crippen molar-refractivity contribution in [3.63, 3.8) is 0 Å². The second-order valence-corrected chi connectivity index (χ2v) is 9.24. The zero-order chi connectivity index (χ0) is 20.8. The molecular formula is C23H25BrN4OS. The minimum atomic E-state index is 0.193. The van der Waals surface area contributed by atoms with Crippen LogP contribution in [0.5, 0.6) is 0 Å². The van der Waals surface area contributed by atoms with Gasteiger partial charge in [0.15, 0.2) is 11.0 Å². The summed E-state index contributed by atoms with van der Waals surface area (Å²) in [6.07, 6.45) is 4.65.